The maximum Gasteiger partial charge on any atom is 0.244 e. The standard InChI is InChI=1S/C21H26N2O3S/c1-4-14-23(21(25)16(2)27-17-10-6-5-7-11-17)15-20(24)22-18-12-8-9-13-19(18)26-3/h5-13,16H,4,14-15H2,1-3H3,(H,22,24). The zero-order valence-electron chi connectivity index (χ0n) is 16.0. The van der Waals surface area contributed by atoms with Gasteiger partial charge in [0.2, 0.25) is 11.8 Å². The summed E-state index contributed by atoms with van der Waals surface area (Å²) in [6.07, 6.45) is 0.788. The summed E-state index contributed by atoms with van der Waals surface area (Å²) < 4.78 is 5.25. The highest BCUT2D eigenvalue weighted by Gasteiger charge is 2.23. The molecule has 0 saturated heterocycles. The number of ether oxygens (including phenoxy) is 1. The summed E-state index contributed by atoms with van der Waals surface area (Å²) in [4.78, 5) is 28.0. The molecule has 0 aliphatic carbocycles. The van der Waals surface area contributed by atoms with E-state index >= 15 is 0 Å². The third-order valence-electron chi connectivity index (χ3n) is 3.92. The van der Waals surface area contributed by atoms with E-state index in [-0.39, 0.29) is 23.6 Å². The Hall–Kier alpha value is -2.47. The number of carbonyl (C=O) groups excluding carboxylic acids is 2. The number of methoxy groups -OCH3 is 1. The molecule has 5 nitrogen and oxygen atoms in total. The summed E-state index contributed by atoms with van der Waals surface area (Å²) in [6.45, 7) is 4.43. The van der Waals surface area contributed by atoms with E-state index in [1.807, 2.05) is 56.3 Å². The molecule has 0 radical (unpaired) electrons. The summed E-state index contributed by atoms with van der Waals surface area (Å²) in [6, 6.07) is 17.0. The Balaban J connectivity index is 2.00. The van der Waals surface area contributed by atoms with Gasteiger partial charge in [-0.1, -0.05) is 37.3 Å². The van der Waals surface area contributed by atoms with Crippen molar-refractivity contribution in [3.8, 4) is 5.75 Å². The van der Waals surface area contributed by atoms with Crippen LogP contribution in [0.25, 0.3) is 0 Å². The normalized spacial score (nSPS) is 11.5. The van der Waals surface area contributed by atoms with Crippen molar-refractivity contribution >= 4 is 29.3 Å². The zero-order chi connectivity index (χ0) is 19.6. The Morgan fingerprint density at radius 1 is 1.11 bits per heavy atom. The van der Waals surface area contributed by atoms with Crippen molar-refractivity contribution in [2.24, 2.45) is 0 Å². The first-order chi connectivity index (χ1) is 13.0. The number of hydrogen-bond acceptors (Lipinski definition) is 4. The second-order valence-corrected chi connectivity index (χ2v) is 7.50. The summed E-state index contributed by atoms with van der Waals surface area (Å²) in [5.41, 5.74) is 0.598. The van der Waals surface area contributed by atoms with Crippen LogP contribution in [-0.4, -0.2) is 42.2 Å². The van der Waals surface area contributed by atoms with Crippen LogP contribution < -0.4 is 10.1 Å². The highest BCUT2D eigenvalue weighted by molar-refractivity contribution is 8.00. The van der Waals surface area contributed by atoms with Gasteiger partial charge in [-0.05, 0) is 37.6 Å². The molecule has 0 spiro atoms. The maximum atomic E-state index is 12.8. The van der Waals surface area contributed by atoms with Crippen LogP contribution in [0, 0.1) is 0 Å². The van der Waals surface area contributed by atoms with Gasteiger partial charge in [-0.3, -0.25) is 9.59 Å². The van der Waals surface area contributed by atoms with Gasteiger partial charge in [0.1, 0.15) is 5.75 Å². The van der Waals surface area contributed by atoms with Crippen LogP contribution in [0.4, 0.5) is 5.69 Å². The molecule has 2 aromatic carbocycles. The topological polar surface area (TPSA) is 58.6 Å². The van der Waals surface area contributed by atoms with Crippen LogP contribution in [0.15, 0.2) is 59.5 Å². The number of nitrogens with zero attached hydrogens (tertiary/aromatic N) is 1. The number of thioether (sulfide) groups is 1. The lowest BCUT2D eigenvalue weighted by Gasteiger charge is -2.25. The van der Waals surface area contributed by atoms with E-state index in [2.05, 4.69) is 5.32 Å². The molecule has 2 aromatic rings. The van der Waals surface area contributed by atoms with Crippen LogP contribution >= 0.6 is 11.8 Å². The minimum atomic E-state index is -0.266. The van der Waals surface area contributed by atoms with Crippen LogP contribution in [0.3, 0.4) is 0 Å². The molecule has 6 heteroatoms. The summed E-state index contributed by atoms with van der Waals surface area (Å²) in [5.74, 6) is 0.311. The first kappa shape index (κ1) is 20.8. The third-order valence-corrected chi connectivity index (χ3v) is 5.02. The molecule has 1 N–H and O–H groups in total. The second kappa shape index (κ2) is 10.6. The first-order valence-electron chi connectivity index (χ1n) is 8.98. The van der Waals surface area contributed by atoms with Gasteiger partial charge in [-0.15, -0.1) is 11.8 Å². The molecule has 144 valence electrons. The van der Waals surface area contributed by atoms with Gasteiger partial charge in [0, 0.05) is 11.4 Å². The average molecular weight is 387 g/mol. The lowest BCUT2D eigenvalue weighted by molar-refractivity contribution is -0.134. The molecular formula is C21H26N2O3S. The van der Waals surface area contributed by atoms with Gasteiger partial charge in [-0.2, -0.15) is 0 Å². The summed E-state index contributed by atoms with van der Waals surface area (Å²) in [7, 11) is 1.56. The quantitative estimate of drug-likeness (QED) is 0.661. The van der Waals surface area contributed by atoms with E-state index < -0.39 is 0 Å². The van der Waals surface area contributed by atoms with Crippen LogP contribution in [0.5, 0.6) is 5.75 Å². The van der Waals surface area contributed by atoms with Gasteiger partial charge in [-0.25, -0.2) is 0 Å². The Morgan fingerprint density at radius 3 is 2.44 bits per heavy atom. The Morgan fingerprint density at radius 2 is 1.78 bits per heavy atom. The predicted octanol–water partition coefficient (Wildman–Crippen LogP) is 4.05. The van der Waals surface area contributed by atoms with E-state index in [4.69, 9.17) is 4.74 Å². The smallest absolute Gasteiger partial charge is 0.244 e. The monoisotopic (exact) mass is 386 g/mol. The number of para-hydroxylation sites is 2. The molecule has 1 unspecified atom stereocenters. The van der Waals surface area contributed by atoms with Gasteiger partial charge in [0.25, 0.3) is 0 Å². The second-order valence-electron chi connectivity index (χ2n) is 6.08. The van der Waals surface area contributed by atoms with Crippen LogP contribution in [0.1, 0.15) is 20.3 Å². The number of amides is 2. The molecule has 1 atom stereocenters. The Bertz CT molecular complexity index is 752. The number of hydrogen-bond donors (Lipinski definition) is 1. The molecule has 0 heterocycles. The van der Waals surface area contributed by atoms with Crippen molar-refractivity contribution in [2.75, 3.05) is 25.5 Å². The molecule has 0 fully saturated rings. The highest BCUT2D eigenvalue weighted by atomic mass is 32.2. The van der Waals surface area contributed by atoms with Crippen molar-refractivity contribution in [1.82, 2.24) is 4.90 Å². The van der Waals surface area contributed by atoms with E-state index in [0.717, 1.165) is 11.3 Å². The molecule has 0 bridgehead atoms. The number of rotatable bonds is 9. The van der Waals surface area contributed by atoms with E-state index in [9.17, 15) is 9.59 Å². The zero-order valence-corrected chi connectivity index (χ0v) is 16.8. The number of carbonyl (C=O) groups is 2. The van der Waals surface area contributed by atoms with Crippen molar-refractivity contribution in [3.05, 3.63) is 54.6 Å². The first-order valence-corrected chi connectivity index (χ1v) is 9.86. The van der Waals surface area contributed by atoms with E-state index in [1.54, 1.807) is 24.1 Å². The molecule has 2 amide bonds. The van der Waals surface area contributed by atoms with Crippen molar-refractivity contribution in [2.45, 2.75) is 30.4 Å². The number of nitrogens with one attached hydrogen (secondary N) is 1. The van der Waals surface area contributed by atoms with Crippen molar-refractivity contribution < 1.29 is 14.3 Å². The van der Waals surface area contributed by atoms with E-state index in [1.165, 1.54) is 11.8 Å². The number of benzene rings is 2. The summed E-state index contributed by atoms with van der Waals surface area (Å²) in [5, 5.41) is 2.56. The molecule has 0 aliphatic heterocycles. The molecule has 0 saturated carbocycles. The average Bonchev–Trinajstić information content (AvgIpc) is 2.68. The molecule has 2 rings (SSSR count). The highest BCUT2D eigenvalue weighted by Crippen LogP contribution is 2.25. The Kier molecular flexibility index (Phi) is 8.20. The minimum absolute atomic E-state index is 0.0183. The fourth-order valence-corrected chi connectivity index (χ4v) is 3.63. The number of anilines is 1. The van der Waals surface area contributed by atoms with Gasteiger partial charge in [0.15, 0.2) is 0 Å². The van der Waals surface area contributed by atoms with Crippen LogP contribution in [-0.2, 0) is 9.59 Å². The Labute approximate surface area is 165 Å². The molecular weight excluding hydrogens is 360 g/mol. The summed E-state index contributed by atoms with van der Waals surface area (Å²) >= 11 is 1.50. The minimum Gasteiger partial charge on any atom is -0.495 e. The predicted molar refractivity (Wildman–Crippen MR) is 110 cm³/mol. The lowest BCUT2D eigenvalue weighted by atomic mass is 10.3. The van der Waals surface area contributed by atoms with E-state index in [0.29, 0.717) is 18.0 Å². The molecule has 27 heavy (non-hydrogen) atoms. The van der Waals surface area contributed by atoms with Crippen molar-refractivity contribution in [1.29, 1.82) is 0 Å². The van der Waals surface area contributed by atoms with Crippen LogP contribution in [0.2, 0.25) is 0 Å². The van der Waals surface area contributed by atoms with Crippen molar-refractivity contribution in [3.63, 3.8) is 0 Å². The van der Waals surface area contributed by atoms with Gasteiger partial charge in [0.05, 0.1) is 24.6 Å². The fraction of sp³-hybridized carbons (Fsp3) is 0.333. The molecule has 0 aromatic heterocycles. The maximum absolute atomic E-state index is 12.8. The lowest BCUT2D eigenvalue weighted by Crippen LogP contribution is -2.42. The SMILES string of the molecule is CCCN(CC(=O)Nc1ccccc1OC)C(=O)C(C)Sc1ccccc1. The van der Waals surface area contributed by atoms with Gasteiger partial charge < -0.3 is 15.0 Å². The largest absolute Gasteiger partial charge is 0.495 e. The fourth-order valence-electron chi connectivity index (χ4n) is 2.66. The third kappa shape index (κ3) is 6.32. The molecule has 0 aliphatic rings. The van der Waals surface area contributed by atoms with Gasteiger partial charge >= 0.3 is 0 Å².